The minimum atomic E-state index is -3.53. The van der Waals surface area contributed by atoms with E-state index in [9.17, 15) is 13.2 Å². The minimum absolute atomic E-state index is 0.0917. The van der Waals surface area contributed by atoms with E-state index in [1.54, 1.807) is 17.0 Å². The van der Waals surface area contributed by atoms with Gasteiger partial charge < -0.3 is 4.90 Å². The van der Waals surface area contributed by atoms with E-state index in [0.717, 1.165) is 37.8 Å². The number of likely N-dealkylation sites (tertiary alicyclic amines) is 1. The van der Waals surface area contributed by atoms with Gasteiger partial charge in [-0.3, -0.25) is 9.10 Å². The monoisotopic (exact) mass is 324 g/mol. The number of carbonyl (C=O) groups is 1. The largest absolute Gasteiger partial charge is 0.341 e. The Kier molecular flexibility index (Phi) is 5.11. The van der Waals surface area contributed by atoms with Crippen LogP contribution in [0.5, 0.6) is 0 Å². The smallest absolute Gasteiger partial charge is 0.246 e. The number of sulfonamides is 1. The molecule has 1 aliphatic heterocycles. The van der Waals surface area contributed by atoms with Crippen molar-refractivity contribution in [3.63, 3.8) is 0 Å². The number of aryl methyl sites for hydroxylation is 1. The first-order valence-electron chi connectivity index (χ1n) is 7.69. The molecule has 1 heterocycles. The molecule has 0 aromatic heterocycles. The predicted molar refractivity (Wildman–Crippen MR) is 88.4 cm³/mol. The van der Waals surface area contributed by atoms with E-state index in [2.05, 4.69) is 0 Å². The van der Waals surface area contributed by atoms with E-state index in [4.69, 9.17) is 0 Å². The van der Waals surface area contributed by atoms with Crippen LogP contribution < -0.4 is 4.31 Å². The lowest BCUT2D eigenvalue weighted by Crippen LogP contribution is -2.50. The Labute approximate surface area is 133 Å². The molecule has 5 nitrogen and oxygen atoms in total. The maximum atomic E-state index is 12.7. The molecule has 6 heteroatoms. The van der Waals surface area contributed by atoms with Gasteiger partial charge in [-0.25, -0.2) is 8.42 Å². The molecule has 1 amide bonds. The lowest BCUT2D eigenvalue weighted by atomic mass is 10.1. The molecule has 0 saturated carbocycles. The van der Waals surface area contributed by atoms with E-state index < -0.39 is 16.1 Å². The van der Waals surface area contributed by atoms with Gasteiger partial charge in [-0.05, 0) is 38.3 Å². The Balaban J connectivity index is 2.38. The molecule has 2 rings (SSSR count). The Morgan fingerprint density at radius 2 is 1.77 bits per heavy atom. The summed E-state index contributed by atoms with van der Waals surface area (Å²) in [5, 5.41) is 0. The zero-order chi connectivity index (χ0) is 16.3. The predicted octanol–water partition coefficient (Wildman–Crippen LogP) is 2.16. The molecule has 1 saturated heterocycles. The molecule has 122 valence electrons. The Bertz CT molecular complexity index is 619. The molecule has 0 spiro atoms. The third-order valence-corrected chi connectivity index (χ3v) is 5.20. The second-order valence-corrected chi connectivity index (χ2v) is 7.71. The first-order valence-corrected chi connectivity index (χ1v) is 9.54. The number of benzene rings is 1. The van der Waals surface area contributed by atoms with Gasteiger partial charge in [0, 0.05) is 13.1 Å². The highest BCUT2D eigenvalue weighted by Crippen LogP contribution is 2.24. The van der Waals surface area contributed by atoms with Crippen LogP contribution in [0.3, 0.4) is 0 Å². The van der Waals surface area contributed by atoms with Crippen LogP contribution in [0.2, 0.25) is 0 Å². The van der Waals surface area contributed by atoms with Crippen molar-refractivity contribution < 1.29 is 13.2 Å². The molecular formula is C16H24N2O3S. The standard InChI is InChI=1S/C16H24N2O3S/c1-4-15(16(19)17-11-5-6-12-17)18(22(3,20)21)14-9-7-13(2)8-10-14/h7-10,15H,4-6,11-12H2,1-3H3/t15-/m0/s1. The molecule has 1 aliphatic rings. The third-order valence-electron chi connectivity index (χ3n) is 4.02. The fraction of sp³-hybridized carbons (Fsp3) is 0.562. The maximum absolute atomic E-state index is 12.7. The summed E-state index contributed by atoms with van der Waals surface area (Å²) in [6.07, 6.45) is 3.60. The van der Waals surface area contributed by atoms with E-state index in [0.29, 0.717) is 12.1 Å². The Morgan fingerprint density at radius 1 is 1.23 bits per heavy atom. The van der Waals surface area contributed by atoms with E-state index in [-0.39, 0.29) is 5.91 Å². The fourth-order valence-electron chi connectivity index (χ4n) is 2.88. The van der Waals surface area contributed by atoms with Crippen molar-refractivity contribution in [2.75, 3.05) is 23.7 Å². The van der Waals surface area contributed by atoms with Crippen LogP contribution in [-0.4, -0.2) is 44.6 Å². The average Bonchev–Trinajstić information content (AvgIpc) is 2.98. The molecule has 0 N–H and O–H groups in total. The van der Waals surface area contributed by atoms with E-state index in [1.165, 1.54) is 4.31 Å². The molecule has 0 radical (unpaired) electrons. The van der Waals surface area contributed by atoms with E-state index >= 15 is 0 Å². The molecular weight excluding hydrogens is 300 g/mol. The van der Waals surface area contributed by atoms with Gasteiger partial charge in [0.2, 0.25) is 15.9 Å². The van der Waals surface area contributed by atoms with E-state index in [1.807, 2.05) is 26.0 Å². The molecule has 1 aromatic rings. The number of hydrogen-bond acceptors (Lipinski definition) is 3. The number of nitrogens with zero attached hydrogens (tertiary/aromatic N) is 2. The summed E-state index contributed by atoms with van der Waals surface area (Å²) in [4.78, 5) is 14.5. The van der Waals surface area contributed by atoms with Crippen molar-refractivity contribution in [2.45, 2.75) is 39.2 Å². The highest BCUT2D eigenvalue weighted by atomic mass is 32.2. The topological polar surface area (TPSA) is 57.7 Å². The first kappa shape index (κ1) is 16.8. The number of amides is 1. The molecule has 1 fully saturated rings. The zero-order valence-electron chi connectivity index (χ0n) is 13.4. The van der Waals surface area contributed by atoms with Gasteiger partial charge in [0.25, 0.3) is 0 Å². The Hall–Kier alpha value is -1.56. The van der Waals surface area contributed by atoms with Crippen LogP contribution in [0, 0.1) is 6.92 Å². The fourth-order valence-corrected chi connectivity index (χ4v) is 4.09. The number of anilines is 1. The molecule has 1 aromatic carbocycles. The van der Waals surface area contributed by atoms with Crippen molar-refractivity contribution in [2.24, 2.45) is 0 Å². The van der Waals surface area contributed by atoms with Crippen LogP contribution in [-0.2, 0) is 14.8 Å². The maximum Gasteiger partial charge on any atom is 0.246 e. The lowest BCUT2D eigenvalue weighted by molar-refractivity contribution is -0.131. The molecule has 1 atom stereocenters. The van der Waals surface area contributed by atoms with Gasteiger partial charge in [0.15, 0.2) is 0 Å². The van der Waals surface area contributed by atoms with Gasteiger partial charge in [-0.2, -0.15) is 0 Å². The Morgan fingerprint density at radius 3 is 2.23 bits per heavy atom. The van der Waals surface area contributed by atoms with Crippen molar-refractivity contribution in [1.82, 2.24) is 4.90 Å². The molecule has 0 bridgehead atoms. The summed E-state index contributed by atoms with van der Waals surface area (Å²) in [7, 11) is -3.53. The van der Waals surface area contributed by atoms with Crippen molar-refractivity contribution in [3.05, 3.63) is 29.8 Å². The quantitative estimate of drug-likeness (QED) is 0.834. The summed E-state index contributed by atoms with van der Waals surface area (Å²) < 4.78 is 25.9. The highest BCUT2D eigenvalue weighted by Gasteiger charge is 2.34. The first-order chi connectivity index (χ1) is 10.3. The summed E-state index contributed by atoms with van der Waals surface area (Å²) in [6.45, 7) is 5.24. The molecule has 0 aliphatic carbocycles. The van der Waals surface area contributed by atoms with Crippen LogP contribution >= 0.6 is 0 Å². The summed E-state index contributed by atoms with van der Waals surface area (Å²) in [5.74, 6) is -0.0917. The summed E-state index contributed by atoms with van der Waals surface area (Å²) in [5.41, 5.74) is 1.60. The second-order valence-electron chi connectivity index (χ2n) is 5.85. The van der Waals surface area contributed by atoms with Gasteiger partial charge in [-0.1, -0.05) is 24.6 Å². The normalized spacial score (nSPS) is 16.6. The highest BCUT2D eigenvalue weighted by molar-refractivity contribution is 7.92. The minimum Gasteiger partial charge on any atom is -0.341 e. The second kappa shape index (κ2) is 6.69. The van der Waals surface area contributed by atoms with Crippen molar-refractivity contribution in [1.29, 1.82) is 0 Å². The van der Waals surface area contributed by atoms with Gasteiger partial charge in [0.1, 0.15) is 6.04 Å². The van der Waals surface area contributed by atoms with Crippen molar-refractivity contribution >= 4 is 21.6 Å². The molecule has 22 heavy (non-hydrogen) atoms. The van der Waals surface area contributed by atoms with Gasteiger partial charge in [0.05, 0.1) is 11.9 Å². The molecule has 0 unspecified atom stereocenters. The summed E-state index contributed by atoms with van der Waals surface area (Å²) >= 11 is 0. The van der Waals surface area contributed by atoms with Crippen molar-refractivity contribution in [3.8, 4) is 0 Å². The number of carbonyl (C=O) groups excluding carboxylic acids is 1. The SMILES string of the molecule is CC[C@@H](C(=O)N1CCCC1)N(c1ccc(C)cc1)S(C)(=O)=O. The summed E-state index contributed by atoms with van der Waals surface area (Å²) in [6, 6.07) is 6.57. The van der Waals surface area contributed by atoms with Crippen LogP contribution in [0.25, 0.3) is 0 Å². The zero-order valence-corrected chi connectivity index (χ0v) is 14.3. The average molecular weight is 324 g/mol. The number of rotatable bonds is 5. The number of hydrogen-bond donors (Lipinski definition) is 0. The third kappa shape index (κ3) is 3.61. The van der Waals surface area contributed by atoms with Gasteiger partial charge in [-0.15, -0.1) is 0 Å². The van der Waals surface area contributed by atoms with Crippen LogP contribution in [0.1, 0.15) is 31.7 Å². The lowest BCUT2D eigenvalue weighted by Gasteiger charge is -2.32. The van der Waals surface area contributed by atoms with Crippen LogP contribution in [0.15, 0.2) is 24.3 Å². The van der Waals surface area contributed by atoms with Gasteiger partial charge >= 0.3 is 0 Å². The van der Waals surface area contributed by atoms with Crippen LogP contribution in [0.4, 0.5) is 5.69 Å².